The zero-order chi connectivity index (χ0) is 14.5. The number of hydrogen-bond acceptors (Lipinski definition) is 5. The fraction of sp³-hybridized carbons (Fsp3) is 0.200. The van der Waals surface area contributed by atoms with Gasteiger partial charge in [0.15, 0.2) is 0 Å². The average molecular weight is 272 g/mol. The minimum atomic E-state index is -0.408. The normalized spacial score (nSPS) is 10.2. The third-order valence-electron chi connectivity index (χ3n) is 2.85. The van der Waals surface area contributed by atoms with Crippen molar-refractivity contribution in [2.45, 2.75) is 13.5 Å². The number of aromatic nitrogens is 1. The minimum absolute atomic E-state index is 0.408. The molecule has 1 aromatic carbocycles. The Balaban J connectivity index is 2.17. The van der Waals surface area contributed by atoms with Crippen molar-refractivity contribution in [1.82, 2.24) is 4.98 Å². The summed E-state index contributed by atoms with van der Waals surface area (Å²) in [5, 5.41) is 0. The van der Waals surface area contributed by atoms with E-state index in [2.05, 4.69) is 9.72 Å². The van der Waals surface area contributed by atoms with Crippen LogP contribution in [0.4, 0.5) is 0 Å². The lowest BCUT2D eigenvalue weighted by molar-refractivity contribution is 0.0599. The number of carbonyl (C=O) groups excluding carboxylic acids is 1. The Morgan fingerprint density at radius 3 is 2.45 bits per heavy atom. The van der Waals surface area contributed by atoms with Gasteiger partial charge in [-0.3, -0.25) is 0 Å². The van der Waals surface area contributed by atoms with Crippen molar-refractivity contribution in [1.29, 1.82) is 0 Å². The number of hydrogen-bond donors (Lipinski definition) is 1. The Bertz CT molecular complexity index is 609. The van der Waals surface area contributed by atoms with E-state index in [1.807, 2.05) is 24.3 Å². The molecule has 0 fully saturated rings. The summed E-state index contributed by atoms with van der Waals surface area (Å²) >= 11 is 0. The summed E-state index contributed by atoms with van der Waals surface area (Å²) in [4.78, 5) is 15.7. The fourth-order valence-electron chi connectivity index (χ4n) is 1.73. The first kappa shape index (κ1) is 14.0. The number of ether oxygens (including phenoxy) is 2. The highest BCUT2D eigenvalue weighted by atomic mass is 16.5. The van der Waals surface area contributed by atoms with Crippen LogP contribution in [0.5, 0.6) is 11.6 Å². The van der Waals surface area contributed by atoms with Gasteiger partial charge in [-0.15, -0.1) is 0 Å². The van der Waals surface area contributed by atoms with E-state index < -0.39 is 5.97 Å². The molecule has 2 aromatic rings. The monoisotopic (exact) mass is 272 g/mol. The van der Waals surface area contributed by atoms with Gasteiger partial charge in [0.2, 0.25) is 5.88 Å². The molecule has 0 amide bonds. The lowest BCUT2D eigenvalue weighted by Crippen LogP contribution is -2.05. The highest BCUT2D eigenvalue weighted by molar-refractivity contribution is 5.90. The summed E-state index contributed by atoms with van der Waals surface area (Å²) in [6.07, 6.45) is 0. The molecule has 0 unspecified atom stereocenters. The van der Waals surface area contributed by atoms with Crippen LogP contribution in [0.25, 0.3) is 0 Å². The van der Waals surface area contributed by atoms with E-state index in [1.54, 1.807) is 19.1 Å². The molecule has 5 heteroatoms. The lowest BCUT2D eigenvalue weighted by Gasteiger charge is -2.08. The molecule has 5 nitrogen and oxygen atoms in total. The van der Waals surface area contributed by atoms with E-state index in [1.165, 1.54) is 7.11 Å². The van der Waals surface area contributed by atoms with E-state index in [4.69, 9.17) is 10.5 Å². The van der Waals surface area contributed by atoms with Crippen molar-refractivity contribution < 1.29 is 14.3 Å². The lowest BCUT2D eigenvalue weighted by atomic mass is 10.2. The van der Waals surface area contributed by atoms with Crippen molar-refractivity contribution >= 4 is 5.97 Å². The van der Waals surface area contributed by atoms with Crippen molar-refractivity contribution in [2.24, 2.45) is 5.73 Å². The van der Waals surface area contributed by atoms with Gasteiger partial charge in [0.25, 0.3) is 0 Å². The van der Waals surface area contributed by atoms with Crippen LogP contribution in [0, 0.1) is 6.92 Å². The number of nitrogens with two attached hydrogens (primary N) is 1. The smallest absolute Gasteiger partial charge is 0.339 e. The number of esters is 1. The molecule has 2 rings (SSSR count). The van der Waals surface area contributed by atoms with Crippen LogP contribution in [-0.2, 0) is 11.3 Å². The van der Waals surface area contributed by atoms with Gasteiger partial charge in [0, 0.05) is 12.6 Å². The molecule has 0 saturated heterocycles. The summed E-state index contributed by atoms with van der Waals surface area (Å²) in [5.41, 5.74) is 7.56. The summed E-state index contributed by atoms with van der Waals surface area (Å²) in [6, 6.07) is 10.7. The van der Waals surface area contributed by atoms with Crippen LogP contribution >= 0.6 is 0 Å². The SMILES string of the molecule is COC(=O)c1ccc(Oc2ccc(CN)cc2)nc1C. The van der Waals surface area contributed by atoms with E-state index in [0.29, 0.717) is 29.4 Å². The molecule has 0 aliphatic heterocycles. The van der Waals surface area contributed by atoms with Crippen LogP contribution in [0.3, 0.4) is 0 Å². The van der Waals surface area contributed by atoms with Gasteiger partial charge in [-0.05, 0) is 30.7 Å². The third-order valence-corrected chi connectivity index (χ3v) is 2.85. The van der Waals surface area contributed by atoms with E-state index >= 15 is 0 Å². The van der Waals surface area contributed by atoms with Crippen LogP contribution in [0.15, 0.2) is 36.4 Å². The van der Waals surface area contributed by atoms with Crippen LogP contribution in [-0.4, -0.2) is 18.1 Å². The standard InChI is InChI=1S/C15H16N2O3/c1-10-13(15(18)19-2)7-8-14(17-10)20-12-5-3-11(9-16)4-6-12/h3-8H,9,16H2,1-2H3. The predicted octanol–water partition coefficient (Wildman–Crippen LogP) is 2.43. The first-order chi connectivity index (χ1) is 9.63. The Hall–Kier alpha value is -2.40. The number of benzene rings is 1. The van der Waals surface area contributed by atoms with E-state index in [-0.39, 0.29) is 0 Å². The van der Waals surface area contributed by atoms with Gasteiger partial charge in [0.05, 0.1) is 18.4 Å². The first-order valence-electron chi connectivity index (χ1n) is 6.17. The quantitative estimate of drug-likeness (QED) is 0.865. The molecule has 0 radical (unpaired) electrons. The van der Waals surface area contributed by atoms with Crippen LogP contribution < -0.4 is 10.5 Å². The molecule has 0 aliphatic rings. The topological polar surface area (TPSA) is 74.4 Å². The second-order valence-corrected chi connectivity index (χ2v) is 4.22. The zero-order valence-electron chi connectivity index (χ0n) is 11.4. The molecule has 104 valence electrons. The van der Waals surface area contributed by atoms with Crippen molar-refractivity contribution in [2.75, 3.05) is 7.11 Å². The van der Waals surface area contributed by atoms with Crippen LogP contribution in [0.1, 0.15) is 21.6 Å². The van der Waals surface area contributed by atoms with Crippen molar-refractivity contribution in [3.8, 4) is 11.6 Å². The number of carbonyl (C=O) groups is 1. The minimum Gasteiger partial charge on any atom is -0.465 e. The van der Waals surface area contributed by atoms with Crippen molar-refractivity contribution in [3.05, 3.63) is 53.2 Å². The van der Waals surface area contributed by atoms with E-state index in [0.717, 1.165) is 5.56 Å². The van der Waals surface area contributed by atoms with Gasteiger partial charge in [-0.1, -0.05) is 12.1 Å². The van der Waals surface area contributed by atoms with Gasteiger partial charge >= 0.3 is 5.97 Å². The number of methoxy groups -OCH3 is 1. The number of pyridine rings is 1. The maximum absolute atomic E-state index is 11.5. The van der Waals surface area contributed by atoms with Crippen LogP contribution in [0.2, 0.25) is 0 Å². The highest BCUT2D eigenvalue weighted by Gasteiger charge is 2.11. The average Bonchev–Trinajstić information content (AvgIpc) is 2.47. The van der Waals surface area contributed by atoms with Gasteiger partial charge in [-0.25, -0.2) is 9.78 Å². The summed E-state index contributed by atoms with van der Waals surface area (Å²) < 4.78 is 10.3. The third kappa shape index (κ3) is 3.13. The zero-order valence-corrected chi connectivity index (χ0v) is 11.4. The second kappa shape index (κ2) is 6.16. The molecule has 0 aliphatic carbocycles. The molecule has 0 atom stereocenters. The molecular weight excluding hydrogens is 256 g/mol. The maximum Gasteiger partial charge on any atom is 0.339 e. The Labute approximate surface area is 117 Å². The maximum atomic E-state index is 11.5. The molecule has 1 heterocycles. The van der Waals surface area contributed by atoms with Crippen molar-refractivity contribution in [3.63, 3.8) is 0 Å². The first-order valence-corrected chi connectivity index (χ1v) is 6.17. The number of rotatable bonds is 4. The van der Waals surface area contributed by atoms with E-state index in [9.17, 15) is 4.79 Å². The molecule has 2 N–H and O–H groups in total. The Kier molecular flexibility index (Phi) is 4.32. The predicted molar refractivity (Wildman–Crippen MR) is 74.7 cm³/mol. The van der Waals surface area contributed by atoms with Gasteiger partial charge in [0.1, 0.15) is 5.75 Å². The molecule has 20 heavy (non-hydrogen) atoms. The summed E-state index contributed by atoms with van der Waals surface area (Å²) in [5.74, 6) is 0.685. The molecule has 1 aromatic heterocycles. The Morgan fingerprint density at radius 1 is 1.20 bits per heavy atom. The Morgan fingerprint density at radius 2 is 1.90 bits per heavy atom. The summed E-state index contributed by atoms with van der Waals surface area (Å²) in [6.45, 7) is 2.22. The number of aryl methyl sites for hydroxylation is 1. The highest BCUT2D eigenvalue weighted by Crippen LogP contribution is 2.21. The largest absolute Gasteiger partial charge is 0.465 e. The fourth-order valence-corrected chi connectivity index (χ4v) is 1.73. The molecule has 0 bridgehead atoms. The van der Waals surface area contributed by atoms with Gasteiger partial charge in [-0.2, -0.15) is 0 Å². The second-order valence-electron chi connectivity index (χ2n) is 4.22. The van der Waals surface area contributed by atoms with Gasteiger partial charge < -0.3 is 15.2 Å². The molecular formula is C15H16N2O3. The number of nitrogens with zero attached hydrogens (tertiary/aromatic N) is 1. The molecule has 0 saturated carbocycles. The summed E-state index contributed by atoms with van der Waals surface area (Å²) in [7, 11) is 1.34. The molecule has 0 spiro atoms.